The molecule has 0 saturated heterocycles. The van der Waals surface area contributed by atoms with Crippen LogP contribution in [-0.2, 0) is 14.6 Å². The maximum atomic E-state index is 11.6. The van der Waals surface area contributed by atoms with Crippen LogP contribution >= 0.6 is 0 Å². The van der Waals surface area contributed by atoms with Gasteiger partial charge in [-0.1, -0.05) is 13.8 Å². The van der Waals surface area contributed by atoms with Gasteiger partial charge in [0.2, 0.25) is 0 Å². The van der Waals surface area contributed by atoms with E-state index < -0.39 is 27.4 Å². The highest BCUT2D eigenvalue weighted by Gasteiger charge is 2.36. The predicted octanol–water partition coefficient (Wildman–Crippen LogP) is 0.364. The van der Waals surface area contributed by atoms with Crippen LogP contribution in [0.2, 0.25) is 0 Å². The van der Waals surface area contributed by atoms with E-state index in [9.17, 15) is 18.0 Å². The highest BCUT2D eigenvalue weighted by Crippen LogP contribution is 2.14. The fourth-order valence-corrected chi connectivity index (χ4v) is 2.25. The summed E-state index contributed by atoms with van der Waals surface area (Å²) in [7, 11) is -3.05. The Bertz CT molecular complexity index is 415. The molecule has 0 aromatic heterocycles. The molecule has 8 heteroatoms. The Hall–Kier alpha value is -1.31. The molecule has 0 heterocycles. The SMILES string of the molecule is CCC(CC)(NC(=O)NCCCS(C)(=O)=O)C(=O)O. The van der Waals surface area contributed by atoms with Crippen molar-refractivity contribution in [3.8, 4) is 0 Å². The van der Waals surface area contributed by atoms with Crippen LogP contribution in [0.3, 0.4) is 0 Å². The second-order valence-corrected chi connectivity index (χ2v) is 6.72. The second-order valence-electron chi connectivity index (χ2n) is 4.46. The number of urea groups is 1. The van der Waals surface area contributed by atoms with E-state index in [0.717, 1.165) is 6.26 Å². The molecule has 0 aliphatic heterocycles. The van der Waals surface area contributed by atoms with Crippen molar-refractivity contribution in [1.82, 2.24) is 10.6 Å². The van der Waals surface area contributed by atoms with Crippen molar-refractivity contribution in [1.29, 1.82) is 0 Å². The van der Waals surface area contributed by atoms with Crippen molar-refractivity contribution in [2.75, 3.05) is 18.6 Å². The van der Waals surface area contributed by atoms with Crippen molar-refractivity contribution < 1.29 is 23.1 Å². The van der Waals surface area contributed by atoms with E-state index in [0.29, 0.717) is 6.42 Å². The minimum Gasteiger partial charge on any atom is -0.480 e. The number of nitrogens with one attached hydrogen (secondary N) is 2. The van der Waals surface area contributed by atoms with Gasteiger partial charge < -0.3 is 15.7 Å². The zero-order valence-corrected chi connectivity index (χ0v) is 12.3. The summed E-state index contributed by atoms with van der Waals surface area (Å²) < 4.78 is 21.8. The quantitative estimate of drug-likeness (QED) is 0.560. The predicted molar refractivity (Wildman–Crippen MR) is 71.8 cm³/mol. The van der Waals surface area contributed by atoms with Gasteiger partial charge in [0.25, 0.3) is 0 Å². The molecule has 0 aromatic rings. The minimum absolute atomic E-state index is 0.0150. The van der Waals surface area contributed by atoms with Crippen LogP contribution in [0, 0.1) is 0 Å². The number of rotatable bonds is 8. The first-order chi connectivity index (χ1) is 8.67. The van der Waals surface area contributed by atoms with Gasteiger partial charge in [0.1, 0.15) is 15.4 Å². The molecule has 0 atom stereocenters. The summed E-state index contributed by atoms with van der Waals surface area (Å²) in [5.41, 5.74) is -1.28. The van der Waals surface area contributed by atoms with Gasteiger partial charge in [-0.3, -0.25) is 0 Å². The van der Waals surface area contributed by atoms with Crippen LogP contribution in [0.4, 0.5) is 4.79 Å². The number of hydrogen-bond donors (Lipinski definition) is 3. The van der Waals surface area contributed by atoms with E-state index in [-0.39, 0.29) is 25.1 Å². The van der Waals surface area contributed by atoms with E-state index >= 15 is 0 Å². The number of aliphatic carboxylic acids is 1. The monoisotopic (exact) mass is 294 g/mol. The molecule has 0 aliphatic rings. The third kappa shape index (κ3) is 6.42. The lowest BCUT2D eigenvalue weighted by Crippen LogP contribution is -2.56. The summed E-state index contributed by atoms with van der Waals surface area (Å²) in [6.07, 6.45) is 1.96. The average Bonchev–Trinajstić information content (AvgIpc) is 2.30. The average molecular weight is 294 g/mol. The topological polar surface area (TPSA) is 113 Å². The van der Waals surface area contributed by atoms with E-state index in [4.69, 9.17) is 5.11 Å². The van der Waals surface area contributed by atoms with E-state index in [1.807, 2.05) is 0 Å². The standard InChI is InChI=1S/C11H22N2O5S/c1-4-11(5-2,9(14)15)13-10(16)12-7-6-8-19(3,17)18/h4-8H2,1-3H3,(H,14,15)(H2,12,13,16). The zero-order valence-electron chi connectivity index (χ0n) is 11.5. The van der Waals surface area contributed by atoms with Crippen molar-refractivity contribution >= 4 is 21.8 Å². The van der Waals surface area contributed by atoms with Crippen LogP contribution in [0.5, 0.6) is 0 Å². The van der Waals surface area contributed by atoms with E-state index in [1.54, 1.807) is 13.8 Å². The van der Waals surface area contributed by atoms with Crippen LogP contribution < -0.4 is 10.6 Å². The van der Waals surface area contributed by atoms with Gasteiger partial charge >= 0.3 is 12.0 Å². The number of carboxylic acid groups (broad SMARTS) is 1. The van der Waals surface area contributed by atoms with E-state index in [1.165, 1.54) is 0 Å². The summed E-state index contributed by atoms with van der Waals surface area (Å²) in [5, 5.41) is 14.0. The zero-order chi connectivity index (χ0) is 15.1. The maximum absolute atomic E-state index is 11.6. The Balaban J connectivity index is 4.26. The Labute approximate surface area is 113 Å². The highest BCUT2D eigenvalue weighted by molar-refractivity contribution is 7.90. The van der Waals surface area contributed by atoms with Gasteiger partial charge in [0.05, 0.1) is 5.75 Å². The van der Waals surface area contributed by atoms with Crippen molar-refractivity contribution in [3.05, 3.63) is 0 Å². The molecule has 3 N–H and O–H groups in total. The summed E-state index contributed by atoms with van der Waals surface area (Å²) >= 11 is 0. The molecular weight excluding hydrogens is 272 g/mol. The Morgan fingerprint density at radius 3 is 2.11 bits per heavy atom. The van der Waals surface area contributed by atoms with Gasteiger partial charge in [-0.15, -0.1) is 0 Å². The summed E-state index contributed by atoms with van der Waals surface area (Å²) in [6.45, 7) is 3.55. The fraction of sp³-hybridized carbons (Fsp3) is 0.818. The second kappa shape index (κ2) is 7.32. The molecule has 0 spiro atoms. The molecule has 0 radical (unpaired) electrons. The Morgan fingerprint density at radius 1 is 1.21 bits per heavy atom. The summed E-state index contributed by atoms with van der Waals surface area (Å²) in [6, 6.07) is -0.598. The summed E-state index contributed by atoms with van der Waals surface area (Å²) in [4.78, 5) is 22.7. The molecular formula is C11H22N2O5S. The van der Waals surface area contributed by atoms with Gasteiger partial charge in [0.15, 0.2) is 0 Å². The number of amides is 2. The first kappa shape index (κ1) is 17.7. The van der Waals surface area contributed by atoms with Gasteiger partial charge in [-0.05, 0) is 19.3 Å². The normalized spacial score (nSPS) is 11.9. The number of carbonyl (C=O) groups is 2. The molecule has 2 amide bonds. The molecule has 0 aliphatic carbocycles. The number of carboxylic acids is 1. The first-order valence-corrected chi connectivity index (χ1v) is 8.20. The lowest BCUT2D eigenvalue weighted by molar-refractivity contribution is -0.144. The third-order valence-electron chi connectivity index (χ3n) is 2.95. The van der Waals surface area contributed by atoms with Crippen LogP contribution in [0.15, 0.2) is 0 Å². The Kier molecular flexibility index (Phi) is 6.82. The molecule has 112 valence electrons. The highest BCUT2D eigenvalue weighted by atomic mass is 32.2. The molecule has 0 bridgehead atoms. The van der Waals surface area contributed by atoms with Crippen molar-refractivity contribution in [2.24, 2.45) is 0 Å². The molecule has 0 saturated carbocycles. The molecule has 0 unspecified atom stereocenters. The van der Waals surface area contributed by atoms with Crippen LogP contribution in [-0.4, -0.2) is 49.6 Å². The Morgan fingerprint density at radius 2 is 1.74 bits per heavy atom. The molecule has 19 heavy (non-hydrogen) atoms. The molecule has 7 nitrogen and oxygen atoms in total. The van der Waals surface area contributed by atoms with Crippen molar-refractivity contribution in [3.63, 3.8) is 0 Å². The maximum Gasteiger partial charge on any atom is 0.329 e. The third-order valence-corrected chi connectivity index (χ3v) is 3.98. The van der Waals surface area contributed by atoms with Crippen LogP contribution in [0.1, 0.15) is 33.1 Å². The number of sulfone groups is 1. The van der Waals surface area contributed by atoms with Crippen LogP contribution in [0.25, 0.3) is 0 Å². The molecule has 0 fully saturated rings. The lowest BCUT2D eigenvalue weighted by atomic mass is 9.93. The van der Waals surface area contributed by atoms with Gasteiger partial charge in [-0.2, -0.15) is 0 Å². The van der Waals surface area contributed by atoms with Gasteiger partial charge in [0, 0.05) is 12.8 Å². The largest absolute Gasteiger partial charge is 0.480 e. The number of carbonyl (C=O) groups excluding carboxylic acids is 1. The van der Waals surface area contributed by atoms with Crippen molar-refractivity contribution in [2.45, 2.75) is 38.6 Å². The van der Waals surface area contributed by atoms with Gasteiger partial charge in [-0.25, -0.2) is 18.0 Å². The molecule has 0 aromatic carbocycles. The first-order valence-electron chi connectivity index (χ1n) is 6.14. The van der Waals surface area contributed by atoms with E-state index in [2.05, 4.69) is 10.6 Å². The minimum atomic E-state index is -3.05. The molecule has 0 rings (SSSR count). The lowest BCUT2D eigenvalue weighted by Gasteiger charge is -2.28. The smallest absolute Gasteiger partial charge is 0.329 e. The summed E-state index contributed by atoms with van der Waals surface area (Å²) in [5.74, 6) is -1.09. The fourth-order valence-electron chi connectivity index (χ4n) is 1.58. The number of hydrogen-bond acceptors (Lipinski definition) is 4.